The van der Waals surface area contributed by atoms with Crippen molar-refractivity contribution in [1.29, 1.82) is 0 Å². The van der Waals surface area contributed by atoms with Gasteiger partial charge in [-0.05, 0) is 56.3 Å². The Hall–Kier alpha value is -3.73. The van der Waals surface area contributed by atoms with E-state index in [-0.39, 0.29) is 28.9 Å². The lowest BCUT2D eigenvalue weighted by Gasteiger charge is -2.08. The Balaban J connectivity index is 1.52. The van der Waals surface area contributed by atoms with Crippen molar-refractivity contribution >= 4 is 23.2 Å². The number of rotatable bonds is 5. The van der Waals surface area contributed by atoms with Crippen LogP contribution in [0.2, 0.25) is 5.02 Å². The smallest absolute Gasteiger partial charge is 0.329 e. The number of hydrogen-bond donors (Lipinski definition) is 1. The van der Waals surface area contributed by atoms with Crippen LogP contribution in [-0.4, -0.2) is 25.8 Å². The second-order valence-electron chi connectivity index (χ2n) is 7.38. The Morgan fingerprint density at radius 3 is 2.47 bits per heavy atom. The number of aryl methyl sites for hydroxylation is 1. The van der Waals surface area contributed by atoms with E-state index in [4.69, 9.17) is 11.6 Å². The fourth-order valence-electron chi connectivity index (χ4n) is 3.33. The summed E-state index contributed by atoms with van der Waals surface area (Å²) in [5.74, 6) is -2.61. The number of nitrogens with one attached hydrogen (secondary N) is 1. The summed E-state index contributed by atoms with van der Waals surface area (Å²) in [4.78, 5) is 15.9. The van der Waals surface area contributed by atoms with Crippen molar-refractivity contribution in [2.24, 2.45) is 0 Å². The van der Waals surface area contributed by atoms with Gasteiger partial charge in [0.05, 0.1) is 22.8 Å². The van der Waals surface area contributed by atoms with Crippen molar-refractivity contribution < 1.29 is 26.9 Å². The molecule has 0 aliphatic rings. The van der Waals surface area contributed by atoms with E-state index < -0.39 is 17.9 Å². The van der Waals surface area contributed by atoms with E-state index in [2.05, 4.69) is 25.1 Å². The third-order valence-corrected chi connectivity index (χ3v) is 5.33. The molecule has 34 heavy (non-hydrogen) atoms. The summed E-state index contributed by atoms with van der Waals surface area (Å²) in [6.07, 6.45) is -4.72. The minimum Gasteiger partial charge on any atom is -0.329 e. The van der Waals surface area contributed by atoms with Gasteiger partial charge < -0.3 is 9.84 Å². The van der Waals surface area contributed by atoms with Crippen LogP contribution in [0, 0.1) is 19.7 Å². The summed E-state index contributed by atoms with van der Waals surface area (Å²) >= 11 is 5.66. The third-order valence-electron chi connectivity index (χ3n) is 5.02. The zero-order valence-corrected chi connectivity index (χ0v) is 18.5. The molecule has 0 radical (unpaired) electrons. The van der Waals surface area contributed by atoms with Crippen LogP contribution in [0.5, 0.6) is 0 Å². The summed E-state index contributed by atoms with van der Waals surface area (Å²) in [5.41, 5.74) is 3.23. The average Bonchev–Trinajstić information content (AvgIpc) is 3.38. The molecule has 1 N–H and O–H groups in total. The van der Waals surface area contributed by atoms with Crippen molar-refractivity contribution in [3.05, 3.63) is 76.1 Å². The van der Waals surface area contributed by atoms with E-state index in [0.29, 0.717) is 28.2 Å². The van der Waals surface area contributed by atoms with Crippen molar-refractivity contribution in [1.82, 2.24) is 19.9 Å². The van der Waals surface area contributed by atoms with Gasteiger partial charge in [-0.25, -0.2) is 9.07 Å². The van der Waals surface area contributed by atoms with Gasteiger partial charge >= 0.3 is 12.1 Å². The molecule has 2 aromatic heterocycles. The van der Waals surface area contributed by atoms with E-state index in [1.165, 1.54) is 24.3 Å². The molecule has 12 heteroatoms. The molecule has 0 saturated carbocycles. The van der Waals surface area contributed by atoms with E-state index in [0.717, 1.165) is 6.07 Å². The molecule has 4 rings (SSSR count). The first-order chi connectivity index (χ1) is 16.0. The fourth-order valence-corrected chi connectivity index (χ4v) is 3.45. The van der Waals surface area contributed by atoms with Crippen LogP contribution < -0.4 is 5.32 Å². The Morgan fingerprint density at radius 2 is 1.85 bits per heavy atom. The monoisotopic (exact) mass is 493 g/mol. The van der Waals surface area contributed by atoms with Gasteiger partial charge in [-0.1, -0.05) is 16.8 Å². The zero-order chi connectivity index (χ0) is 24.6. The van der Waals surface area contributed by atoms with Crippen LogP contribution in [0.4, 0.5) is 23.2 Å². The molecule has 1 amide bonds. The van der Waals surface area contributed by atoms with Crippen LogP contribution in [0.15, 0.2) is 47.0 Å². The summed E-state index contributed by atoms with van der Waals surface area (Å²) in [7, 11) is 0. The number of anilines is 1. The normalized spacial score (nSPS) is 11.6. The summed E-state index contributed by atoms with van der Waals surface area (Å²) < 4.78 is 57.5. The number of carbonyl (C=O) groups excluding carboxylic acids is 1. The molecule has 0 atom stereocenters. The second-order valence-corrected chi connectivity index (χ2v) is 7.79. The van der Waals surface area contributed by atoms with E-state index in [9.17, 15) is 22.4 Å². The highest BCUT2D eigenvalue weighted by Gasteiger charge is 2.38. The van der Waals surface area contributed by atoms with Gasteiger partial charge in [0, 0.05) is 22.5 Å². The van der Waals surface area contributed by atoms with Crippen LogP contribution in [0.3, 0.4) is 0 Å². The quantitative estimate of drug-likeness (QED) is 0.369. The highest BCUT2D eigenvalue weighted by atomic mass is 35.5. The summed E-state index contributed by atoms with van der Waals surface area (Å²) in [6, 6.07) is 10.3. The number of aromatic nitrogens is 4. The molecule has 176 valence electrons. The molecule has 4 aromatic rings. The molecule has 0 spiro atoms. The molecular weight excluding hydrogens is 478 g/mol. The van der Waals surface area contributed by atoms with Gasteiger partial charge in [-0.3, -0.25) is 4.79 Å². The number of halogens is 5. The minimum absolute atomic E-state index is 0.00305. The van der Waals surface area contributed by atoms with Crippen molar-refractivity contribution in [2.45, 2.75) is 26.4 Å². The topological polar surface area (TPSA) is 85.8 Å². The number of benzene rings is 2. The number of alkyl halides is 3. The highest BCUT2D eigenvalue weighted by molar-refractivity contribution is 6.30. The molecule has 7 nitrogen and oxygen atoms in total. The van der Waals surface area contributed by atoms with Crippen LogP contribution >= 0.6 is 11.6 Å². The van der Waals surface area contributed by atoms with Gasteiger partial charge in [0.2, 0.25) is 11.7 Å². The fraction of sp³-hybridized carbons (Fsp3) is 0.182. The molecule has 0 unspecified atom stereocenters. The van der Waals surface area contributed by atoms with Crippen LogP contribution in [0.25, 0.3) is 17.1 Å². The third kappa shape index (κ3) is 4.79. The first-order valence-electron chi connectivity index (χ1n) is 9.84. The average molecular weight is 494 g/mol. The molecule has 0 aliphatic carbocycles. The first-order valence-corrected chi connectivity index (χ1v) is 10.2. The molecule has 0 aliphatic heterocycles. The standard InChI is InChI=1S/C22H16ClF4N5O2/c1-11-16(10-19(33)28-14-5-8-17(23)18(24)9-14)12(2)32(30-11)15-6-3-13(4-7-15)20-29-21(34-31-20)22(25,26)27/h3-9H,10H2,1-2H3,(H,28,33). The number of amides is 1. The Morgan fingerprint density at radius 1 is 1.15 bits per heavy atom. The van der Waals surface area contributed by atoms with Crippen LogP contribution in [0.1, 0.15) is 22.8 Å². The van der Waals surface area contributed by atoms with Gasteiger partial charge in [0.1, 0.15) is 5.82 Å². The largest absolute Gasteiger partial charge is 0.471 e. The molecule has 2 aromatic carbocycles. The van der Waals surface area contributed by atoms with Gasteiger partial charge in [-0.15, -0.1) is 0 Å². The zero-order valence-electron chi connectivity index (χ0n) is 17.7. The van der Waals surface area contributed by atoms with Crippen molar-refractivity contribution in [3.63, 3.8) is 0 Å². The first kappa shape index (κ1) is 23.4. The maximum absolute atomic E-state index is 13.6. The van der Waals surface area contributed by atoms with Crippen LogP contribution in [-0.2, 0) is 17.4 Å². The van der Waals surface area contributed by atoms with Crippen molar-refractivity contribution in [3.8, 4) is 17.1 Å². The maximum Gasteiger partial charge on any atom is 0.471 e. The van der Waals surface area contributed by atoms with E-state index in [1.807, 2.05) is 0 Å². The Kier molecular flexibility index (Phi) is 6.13. The van der Waals surface area contributed by atoms with Crippen molar-refractivity contribution in [2.75, 3.05) is 5.32 Å². The lowest BCUT2D eigenvalue weighted by atomic mass is 10.1. The molecular formula is C22H16ClF4N5O2. The predicted octanol–water partition coefficient (Wildman–Crippen LogP) is 5.53. The van der Waals surface area contributed by atoms with E-state index in [1.54, 1.807) is 30.7 Å². The Bertz CT molecular complexity index is 1360. The molecule has 0 saturated heterocycles. The summed E-state index contributed by atoms with van der Waals surface area (Å²) in [5, 5.41) is 10.4. The highest BCUT2D eigenvalue weighted by Crippen LogP contribution is 2.30. The number of hydrogen-bond acceptors (Lipinski definition) is 5. The van der Waals surface area contributed by atoms with E-state index >= 15 is 0 Å². The number of nitrogens with zero attached hydrogens (tertiary/aromatic N) is 4. The molecule has 0 bridgehead atoms. The lowest BCUT2D eigenvalue weighted by Crippen LogP contribution is -2.15. The maximum atomic E-state index is 13.6. The second kappa shape index (κ2) is 8.90. The Labute approximate surface area is 195 Å². The SMILES string of the molecule is Cc1nn(-c2ccc(-c3noc(C(F)(F)F)n3)cc2)c(C)c1CC(=O)Nc1ccc(Cl)c(F)c1. The molecule has 0 fully saturated rings. The molecule has 2 heterocycles. The number of carbonyl (C=O) groups is 1. The predicted molar refractivity (Wildman–Crippen MR) is 115 cm³/mol. The van der Waals surface area contributed by atoms with Gasteiger partial charge in [0.25, 0.3) is 0 Å². The minimum atomic E-state index is -4.72. The lowest BCUT2D eigenvalue weighted by molar-refractivity contribution is -0.159. The summed E-state index contributed by atoms with van der Waals surface area (Å²) in [6.45, 7) is 3.54. The van der Waals surface area contributed by atoms with Gasteiger partial charge in [-0.2, -0.15) is 23.3 Å². The van der Waals surface area contributed by atoms with Gasteiger partial charge in [0.15, 0.2) is 0 Å².